The monoisotopic (exact) mass is 525 g/mol. The van der Waals surface area contributed by atoms with Crippen LogP contribution in [0.25, 0.3) is 0 Å². The highest BCUT2D eigenvalue weighted by atomic mass is 35.5. The summed E-state index contributed by atoms with van der Waals surface area (Å²) in [4.78, 5) is 31.4. The third kappa shape index (κ3) is 6.46. The number of hydrogen-bond donors (Lipinski definition) is 1. The van der Waals surface area contributed by atoms with Crippen molar-refractivity contribution in [1.82, 2.24) is 10.2 Å². The normalized spacial score (nSPS) is 16.6. The van der Waals surface area contributed by atoms with Gasteiger partial charge in [0.25, 0.3) is 5.91 Å². The second-order valence-corrected chi connectivity index (χ2v) is 10.5. The fourth-order valence-electron chi connectivity index (χ4n) is 4.53. The lowest BCUT2D eigenvalue weighted by Crippen LogP contribution is -2.56. The summed E-state index contributed by atoms with van der Waals surface area (Å²) >= 11 is 7.53. The zero-order chi connectivity index (χ0) is 25.5. The van der Waals surface area contributed by atoms with Gasteiger partial charge in [0.1, 0.15) is 23.4 Å². The maximum Gasteiger partial charge on any atom is 0.251 e. The zero-order valence-electron chi connectivity index (χ0n) is 20.6. The molecule has 1 unspecified atom stereocenters. The third-order valence-corrected chi connectivity index (χ3v) is 7.26. The first-order valence-corrected chi connectivity index (χ1v) is 13.6. The molecule has 2 atom stereocenters. The lowest BCUT2D eigenvalue weighted by atomic mass is 10.0. The number of alkyl halides is 1. The van der Waals surface area contributed by atoms with Crippen LogP contribution in [-0.4, -0.2) is 48.3 Å². The number of para-hydroxylation sites is 1. The number of carbonyl (C=O) groups is 2. The number of hydrogen-bond acceptors (Lipinski definition) is 5. The number of ether oxygens (including phenoxy) is 1. The molecular formula is C28H32ClN3O3S. The number of thiophene rings is 1. The van der Waals surface area contributed by atoms with Crippen LogP contribution >= 0.6 is 22.9 Å². The summed E-state index contributed by atoms with van der Waals surface area (Å²) in [5.74, 6) is 1.25. The topological polar surface area (TPSA) is 61.9 Å². The number of rotatable bonds is 9. The highest BCUT2D eigenvalue weighted by molar-refractivity contribution is 7.10. The highest BCUT2D eigenvalue weighted by Gasteiger charge is 2.37. The fraction of sp³-hybridized carbons (Fsp3) is 0.357. The molecule has 0 aliphatic carbocycles. The van der Waals surface area contributed by atoms with E-state index in [9.17, 15) is 9.59 Å². The maximum absolute atomic E-state index is 14.0. The Hall–Kier alpha value is -2.87. The van der Waals surface area contributed by atoms with Gasteiger partial charge in [0.15, 0.2) is 0 Å². The van der Waals surface area contributed by atoms with Crippen molar-refractivity contribution in [3.05, 3.63) is 77.0 Å². The van der Waals surface area contributed by atoms with Crippen LogP contribution in [-0.2, 0) is 9.59 Å². The second-order valence-electron chi connectivity index (χ2n) is 9.29. The molecule has 1 fully saturated rings. The Kier molecular flexibility index (Phi) is 9.02. The summed E-state index contributed by atoms with van der Waals surface area (Å²) < 4.78 is 5.91. The highest BCUT2D eigenvalue weighted by Crippen LogP contribution is 2.34. The van der Waals surface area contributed by atoms with Crippen LogP contribution in [0.1, 0.15) is 31.2 Å². The molecule has 190 valence electrons. The molecular weight excluding hydrogens is 494 g/mol. The molecule has 4 rings (SSSR count). The molecule has 1 saturated heterocycles. The van der Waals surface area contributed by atoms with Gasteiger partial charge in [0, 0.05) is 36.2 Å². The molecule has 1 aromatic heterocycles. The lowest BCUT2D eigenvalue weighted by molar-refractivity contribution is -0.135. The van der Waals surface area contributed by atoms with Gasteiger partial charge < -0.3 is 15.0 Å². The molecule has 1 aliphatic rings. The molecule has 1 aliphatic heterocycles. The minimum Gasteiger partial charge on any atom is -0.457 e. The van der Waals surface area contributed by atoms with E-state index >= 15 is 0 Å². The van der Waals surface area contributed by atoms with Crippen molar-refractivity contribution in [3.8, 4) is 11.5 Å². The molecule has 2 aromatic carbocycles. The molecule has 0 spiro atoms. The van der Waals surface area contributed by atoms with Crippen LogP contribution in [0.15, 0.2) is 72.1 Å². The average Bonchev–Trinajstić information content (AvgIpc) is 3.42. The maximum atomic E-state index is 14.0. The van der Waals surface area contributed by atoms with Crippen molar-refractivity contribution in [1.29, 1.82) is 0 Å². The van der Waals surface area contributed by atoms with E-state index in [0.29, 0.717) is 30.4 Å². The van der Waals surface area contributed by atoms with Crippen LogP contribution in [0.5, 0.6) is 11.5 Å². The molecule has 2 amide bonds. The summed E-state index contributed by atoms with van der Waals surface area (Å²) in [5, 5.41) is 5.45. The Balaban J connectivity index is 1.63. The van der Waals surface area contributed by atoms with Crippen molar-refractivity contribution in [2.24, 2.45) is 5.92 Å². The number of piperazine rings is 1. The van der Waals surface area contributed by atoms with Gasteiger partial charge in [-0.25, -0.2) is 0 Å². The molecule has 6 nitrogen and oxygen atoms in total. The van der Waals surface area contributed by atoms with Crippen LogP contribution < -0.4 is 15.0 Å². The Bertz CT molecular complexity index is 1120. The smallest absolute Gasteiger partial charge is 0.251 e. The van der Waals surface area contributed by atoms with E-state index in [4.69, 9.17) is 16.3 Å². The van der Waals surface area contributed by atoms with Crippen LogP contribution in [0.4, 0.5) is 5.69 Å². The van der Waals surface area contributed by atoms with Gasteiger partial charge in [-0.05, 0) is 60.2 Å². The van der Waals surface area contributed by atoms with Gasteiger partial charge in [0.05, 0.1) is 0 Å². The van der Waals surface area contributed by atoms with Crippen molar-refractivity contribution in [3.63, 3.8) is 0 Å². The minimum absolute atomic E-state index is 0.0872. The number of halogens is 1. The van der Waals surface area contributed by atoms with E-state index < -0.39 is 6.04 Å². The number of anilines is 1. The van der Waals surface area contributed by atoms with E-state index in [1.165, 1.54) is 16.2 Å². The predicted molar refractivity (Wildman–Crippen MR) is 146 cm³/mol. The van der Waals surface area contributed by atoms with E-state index in [1.807, 2.05) is 52.7 Å². The Morgan fingerprint density at radius 1 is 1.08 bits per heavy atom. The first kappa shape index (κ1) is 26.2. The van der Waals surface area contributed by atoms with Crippen LogP contribution in [0, 0.1) is 5.92 Å². The molecule has 0 saturated carbocycles. The first-order chi connectivity index (χ1) is 17.5. The molecule has 2 heterocycles. The van der Waals surface area contributed by atoms with Crippen LogP contribution in [0.3, 0.4) is 0 Å². The van der Waals surface area contributed by atoms with Crippen molar-refractivity contribution in [2.75, 3.05) is 30.4 Å². The summed E-state index contributed by atoms with van der Waals surface area (Å²) in [6.45, 7) is 6.31. The number of amides is 2. The van der Waals surface area contributed by atoms with Crippen LogP contribution in [0.2, 0.25) is 0 Å². The quantitative estimate of drug-likeness (QED) is 0.364. The SMILES string of the molecule is CC(C)CC1CN(C(=O)[C@H](c2cccs2)N(C(=O)CCl)c2ccc(Oc3ccccc3)cc2)CCN1. The number of nitrogens with zero attached hydrogens (tertiary/aromatic N) is 2. The standard InChI is InChI=1S/C28H32ClN3O3S/c1-20(2)17-21-19-31(15-14-30-21)28(34)27(25-9-6-16-36-25)32(26(33)18-29)22-10-12-24(13-11-22)35-23-7-4-3-5-8-23/h3-13,16,20-21,27,30H,14-15,17-19H2,1-2H3/t21?,27-/m0/s1. The molecule has 0 bridgehead atoms. The van der Waals surface area contributed by atoms with Gasteiger partial charge >= 0.3 is 0 Å². The largest absolute Gasteiger partial charge is 0.457 e. The minimum atomic E-state index is -0.782. The molecule has 8 heteroatoms. The van der Waals surface area contributed by atoms with Crippen molar-refractivity contribution >= 4 is 40.4 Å². The first-order valence-electron chi connectivity index (χ1n) is 12.2. The van der Waals surface area contributed by atoms with Gasteiger partial charge in [0.2, 0.25) is 5.91 Å². The lowest BCUT2D eigenvalue weighted by Gasteiger charge is -2.39. The fourth-order valence-corrected chi connectivity index (χ4v) is 5.47. The third-order valence-electron chi connectivity index (χ3n) is 6.10. The van der Waals surface area contributed by atoms with Crippen molar-refractivity contribution < 1.29 is 14.3 Å². The Labute approximate surface area is 221 Å². The zero-order valence-corrected chi connectivity index (χ0v) is 22.2. The van der Waals surface area contributed by atoms with Gasteiger partial charge in [-0.1, -0.05) is 38.1 Å². The van der Waals surface area contributed by atoms with Gasteiger partial charge in [-0.2, -0.15) is 0 Å². The molecule has 3 aromatic rings. The van der Waals surface area contributed by atoms with Gasteiger partial charge in [-0.15, -0.1) is 22.9 Å². The Morgan fingerprint density at radius 2 is 1.81 bits per heavy atom. The predicted octanol–water partition coefficient (Wildman–Crippen LogP) is 5.70. The number of nitrogens with one attached hydrogen (secondary N) is 1. The number of carbonyl (C=O) groups excluding carboxylic acids is 2. The number of benzene rings is 2. The molecule has 1 N–H and O–H groups in total. The second kappa shape index (κ2) is 12.4. The van der Waals surface area contributed by atoms with Crippen molar-refractivity contribution in [2.45, 2.75) is 32.4 Å². The summed E-state index contributed by atoms with van der Waals surface area (Å²) in [6.07, 6.45) is 0.987. The van der Waals surface area contributed by atoms with E-state index in [0.717, 1.165) is 23.6 Å². The van der Waals surface area contributed by atoms with E-state index in [1.54, 1.807) is 24.3 Å². The Morgan fingerprint density at radius 3 is 2.44 bits per heavy atom. The van der Waals surface area contributed by atoms with E-state index in [-0.39, 0.29) is 23.7 Å². The summed E-state index contributed by atoms with van der Waals surface area (Å²) in [5.41, 5.74) is 0.599. The molecule has 36 heavy (non-hydrogen) atoms. The average molecular weight is 526 g/mol. The summed E-state index contributed by atoms with van der Waals surface area (Å²) in [6, 6.07) is 20.0. The van der Waals surface area contributed by atoms with Gasteiger partial charge in [-0.3, -0.25) is 14.5 Å². The molecule has 0 radical (unpaired) electrons. The van der Waals surface area contributed by atoms with E-state index in [2.05, 4.69) is 19.2 Å². The summed E-state index contributed by atoms with van der Waals surface area (Å²) in [7, 11) is 0.